The lowest BCUT2D eigenvalue weighted by molar-refractivity contribution is -0.167. The van der Waals surface area contributed by atoms with Crippen LogP contribution in [-0.2, 0) is 28.6 Å². The molecule has 0 fully saturated rings. The van der Waals surface area contributed by atoms with Gasteiger partial charge in [0.05, 0.1) is 0 Å². The topological polar surface area (TPSA) is 78.9 Å². The monoisotopic (exact) mass is 817 g/mol. The summed E-state index contributed by atoms with van der Waals surface area (Å²) < 4.78 is 16.7. The maximum Gasteiger partial charge on any atom is 0.306 e. The predicted octanol–water partition coefficient (Wildman–Crippen LogP) is 16.4. The van der Waals surface area contributed by atoms with Crippen molar-refractivity contribution in [3.8, 4) is 0 Å². The van der Waals surface area contributed by atoms with E-state index in [2.05, 4.69) is 45.1 Å². The van der Waals surface area contributed by atoms with Crippen molar-refractivity contribution in [3.63, 3.8) is 0 Å². The minimum Gasteiger partial charge on any atom is -0.462 e. The Labute approximate surface area is 360 Å². The van der Waals surface area contributed by atoms with Gasteiger partial charge >= 0.3 is 17.9 Å². The van der Waals surface area contributed by atoms with Gasteiger partial charge in [-0.2, -0.15) is 0 Å². The SMILES string of the molecule is CCCCCCC/C=C\C/C=C\CCCCCCCCCCCC(=O)OCC(COC(=O)CCCCCCCCCC)OC(=O)CCCCCCCCCCCCC. The summed E-state index contributed by atoms with van der Waals surface area (Å²) in [6.07, 6.45) is 53.1. The van der Waals surface area contributed by atoms with Crippen LogP contribution in [0.15, 0.2) is 24.3 Å². The highest BCUT2D eigenvalue weighted by atomic mass is 16.6. The van der Waals surface area contributed by atoms with Gasteiger partial charge in [-0.25, -0.2) is 0 Å². The van der Waals surface area contributed by atoms with Gasteiger partial charge in [0.2, 0.25) is 0 Å². The maximum absolute atomic E-state index is 12.7. The van der Waals surface area contributed by atoms with E-state index in [0.29, 0.717) is 19.3 Å². The molecule has 0 aromatic heterocycles. The quantitative estimate of drug-likeness (QED) is 0.0263. The van der Waals surface area contributed by atoms with Crippen LogP contribution in [0.3, 0.4) is 0 Å². The summed E-state index contributed by atoms with van der Waals surface area (Å²) in [6, 6.07) is 0. The molecule has 6 heteroatoms. The zero-order valence-electron chi connectivity index (χ0n) is 38.8. The molecule has 0 saturated heterocycles. The second-order valence-corrected chi connectivity index (χ2v) is 17.1. The van der Waals surface area contributed by atoms with Gasteiger partial charge in [0.15, 0.2) is 6.10 Å². The second kappa shape index (κ2) is 47.6. The number of hydrogen-bond donors (Lipinski definition) is 0. The van der Waals surface area contributed by atoms with Crippen LogP contribution in [0.25, 0.3) is 0 Å². The Morgan fingerprint density at radius 1 is 0.345 bits per heavy atom. The molecule has 0 radical (unpaired) electrons. The van der Waals surface area contributed by atoms with Gasteiger partial charge in [-0.1, -0.05) is 225 Å². The Morgan fingerprint density at radius 2 is 0.621 bits per heavy atom. The molecule has 0 saturated carbocycles. The molecule has 0 bridgehead atoms. The first-order valence-electron chi connectivity index (χ1n) is 25.3. The first-order chi connectivity index (χ1) is 28.5. The van der Waals surface area contributed by atoms with Crippen molar-refractivity contribution < 1.29 is 28.6 Å². The van der Waals surface area contributed by atoms with Gasteiger partial charge < -0.3 is 14.2 Å². The van der Waals surface area contributed by atoms with Crippen LogP contribution >= 0.6 is 0 Å². The van der Waals surface area contributed by atoms with E-state index in [-0.39, 0.29) is 31.1 Å². The highest BCUT2D eigenvalue weighted by Gasteiger charge is 2.19. The van der Waals surface area contributed by atoms with Crippen LogP contribution in [0.4, 0.5) is 0 Å². The summed E-state index contributed by atoms with van der Waals surface area (Å²) in [4.78, 5) is 37.7. The number of rotatable bonds is 46. The fourth-order valence-electron chi connectivity index (χ4n) is 7.36. The van der Waals surface area contributed by atoms with E-state index in [9.17, 15) is 14.4 Å². The minimum atomic E-state index is -0.764. The molecule has 0 spiro atoms. The van der Waals surface area contributed by atoms with Gasteiger partial charge in [-0.05, 0) is 51.4 Å². The number of esters is 3. The van der Waals surface area contributed by atoms with Crippen LogP contribution in [0.5, 0.6) is 0 Å². The molecule has 58 heavy (non-hydrogen) atoms. The normalized spacial score (nSPS) is 12.1. The molecule has 1 atom stereocenters. The van der Waals surface area contributed by atoms with Crippen molar-refractivity contribution in [1.29, 1.82) is 0 Å². The number of carbonyl (C=O) groups is 3. The Kier molecular flexibility index (Phi) is 45.8. The van der Waals surface area contributed by atoms with Gasteiger partial charge in [0, 0.05) is 19.3 Å². The molecule has 0 heterocycles. The smallest absolute Gasteiger partial charge is 0.306 e. The molecule has 6 nitrogen and oxygen atoms in total. The Bertz CT molecular complexity index is 942. The number of carbonyl (C=O) groups excluding carboxylic acids is 3. The van der Waals surface area contributed by atoms with Crippen LogP contribution < -0.4 is 0 Å². The third kappa shape index (κ3) is 45.0. The first-order valence-corrected chi connectivity index (χ1v) is 25.3. The van der Waals surface area contributed by atoms with Gasteiger partial charge in [0.25, 0.3) is 0 Å². The lowest BCUT2D eigenvalue weighted by Gasteiger charge is -2.18. The second-order valence-electron chi connectivity index (χ2n) is 17.1. The molecule has 1 unspecified atom stereocenters. The molecule has 0 aliphatic heterocycles. The molecule has 0 aromatic carbocycles. The van der Waals surface area contributed by atoms with Crippen molar-refractivity contribution in [1.82, 2.24) is 0 Å². The molecule has 0 aromatic rings. The predicted molar refractivity (Wildman–Crippen MR) is 247 cm³/mol. The summed E-state index contributed by atoms with van der Waals surface area (Å²) in [5.74, 6) is -0.868. The Balaban J connectivity index is 4.19. The third-order valence-electron chi connectivity index (χ3n) is 11.2. The van der Waals surface area contributed by atoms with E-state index in [1.165, 1.54) is 167 Å². The molecule has 340 valence electrons. The van der Waals surface area contributed by atoms with Crippen molar-refractivity contribution >= 4 is 17.9 Å². The molecular formula is C52H96O6. The summed E-state index contributed by atoms with van der Waals surface area (Å²) in [6.45, 7) is 6.61. The van der Waals surface area contributed by atoms with Gasteiger partial charge in [-0.15, -0.1) is 0 Å². The van der Waals surface area contributed by atoms with E-state index in [0.717, 1.165) is 64.2 Å². The number of allylic oxidation sites excluding steroid dienone is 4. The zero-order chi connectivity index (χ0) is 42.3. The zero-order valence-corrected chi connectivity index (χ0v) is 38.8. The summed E-state index contributed by atoms with van der Waals surface area (Å²) >= 11 is 0. The largest absolute Gasteiger partial charge is 0.462 e. The van der Waals surface area contributed by atoms with Crippen LogP contribution in [-0.4, -0.2) is 37.2 Å². The first kappa shape index (κ1) is 55.9. The molecule has 0 rings (SSSR count). The van der Waals surface area contributed by atoms with Crippen LogP contribution in [0.2, 0.25) is 0 Å². The van der Waals surface area contributed by atoms with Crippen molar-refractivity contribution in [2.75, 3.05) is 13.2 Å². The highest BCUT2D eigenvalue weighted by Crippen LogP contribution is 2.15. The van der Waals surface area contributed by atoms with E-state index in [1.54, 1.807) is 0 Å². The van der Waals surface area contributed by atoms with Crippen LogP contribution in [0, 0.1) is 0 Å². The fraction of sp³-hybridized carbons (Fsp3) is 0.865. The minimum absolute atomic E-state index is 0.0687. The fourth-order valence-corrected chi connectivity index (χ4v) is 7.36. The lowest BCUT2D eigenvalue weighted by Crippen LogP contribution is -2.30. The maximum atomic E-state index is 12.7. The lowest BCUT2D eigenvalue weighted by atomic mass is 10.1. The Morgan fingerprint density at radius 3 is 0.948 bits per heavy atom. The van der Waals surface area contributed by atoms with Gasteiger partial charge in [-0.3, -0.25) is 14.4 Å². The average molecular weight is 817 g/mol. The Hall–Kier alpha value is -2.11. The number of unbranched alkanes of at least 4 members (excludes halogenated alkanes) is 31. The molecule has 0 aliphatic carbocycles. The summed E-state index contributed by atoms with van der Waals surface area (Å²) in [5, 5.41) is 0. The van der Waals surface area contributed by atoms with E-state index < -0.39 is 6.10 Å². The van der Waals surface area contributed by atoms with Gasteiger partial charge in [0.1, 0.15) is 13.2 Å². The third-order valence-corrected chi connectivity index (χ3v) is 11.2. The number of ether oxygens (including phenoxy) is 3. The standard InChI is InChI=1S/C52H96O6/c1-4-7-10-13-16-19-21-22-23-24-25-26-27-28-29-30-32-33-36-39-42-45-51(54)57-48-49(47-56-50(53)44-41-38-35-18-15-12-9-6-3)58-52(55)46-43-40-37-34-31-20-17-14-11-8-5-2/h21-22,24-25,49H,4-20,23,26-48H2,1-3H3/b22-21-,25-24-. The average Bonchev–Trinajstić information content (AvgIpc) is 3.22. The molecule has 0 amide bonds. The van der Waals surface area contributed by atoms with Crippen molar-refractivity contribution in [2.45, 2.75) is 277 Å². The summed E-state index contributed by atoms with van der Waals surface area (Å²) in [7, 11) is 0. The molecular weight excluding hydrogens is 721 g/mol. The molecule has 0 aliphatic rings. The van der Waals surface area contributed by atoms with Crippen molar-refractivity contribution in [2.24, 2.45) is 0 Å². The molecule has 0 N–H and O–H groups in total. The van der Waals surface area contributed by atoms with Crippen LogP contribution in [0.1, 0.15) is 271 Å². The highest BCUT2D eigenvalue weighted by molar-refractivity contribution is 5.71. The van der Waals surface area contributed by atoms with E-state index in [1.807, 2.05) is 0 Å². The van der Waals surface area contributed by atoms with E-state index >= 15 is 0 Å². The number of hydrogen-bond acceptors (Lipinski definition) is 6. The van der Waals surface area contributed by atoms with E-state index in [4.69, 9.17) is 14.2 Å². The summed E-state index contributed by atoms with van der Waals surface area (Å²) in [5.41, 5.74) is 0. The van der Waals surface area contributed by atoms with Crippen molar-refractivity contribution in [3.05, 3.63) is 24.3 Å².